The van der Waals surface area contributed by atoms with Gasteiger partial charge < -0.3 is 10.2 Å². The predicted molar refractivity (Wildman–Crippen MR) is 98.0 cm³/mol. The molecule has 3 rings (SSSR count). The number of rotatable bonds is 6. The molecule has 0 saturated carbocycles. The molecule has 25 heavy (non-hydrogen) atoms. The van der Waals surface area contributed by atoms with Crippen LogP contribution >= 0.6 is 0 Å². The molecule has 1 aliphatic heterocycles. The summed E-state index contributed by atoms with van der Waals surface area (Å²) in [7, 11) is 0. The second-order valence-corrected chi connectivity index (χ2v) is 6.46. The molecule has 1 saturated heterocycles. The number of carbonyl (C=O) groups excluding carboxylic acids is 2. The number of benzene rings is 2. The summed E-state index contributed by atoms with van der Waals surface area (Å²) in [5.74, 6) is 0.148. The largest absolute Gasteiger partial charge is 0.345 e. The van der Waals surface area contributed by atoms with Crippen molar-refractivity contribution in [3.05, 3.63) is 71.3 Å². The van der Waals surface area contributed by atoms with Gasteiger partial charge in [-0.2, -0.15) is 0 Å². The summed E-state index contributed by atoms with van der Waals surface area (Å²) in [5, 5.41) is 3.10. The molecule has 0 bridgehead atoms. The van der Waals surface area contributed by atoms with Crippen molar-refractivity contribution in [3.63, 3.8) is 0 Å². The maximum absolute atomic E-state index is 12.5. The van der Waals surface area contributed by atoms with Crippen molar-refractivity contribution in [2.24, 2.45) is 0 Å². The Hall–Kier alpha value is -2.62. The molecule has 2 aromatic carbocycles. The quantitative estimate of drug-likeness (QED) is 0.874. The van der Waals surface area contributed by atoms with Gasteiger partial charge in [-0.05, 0) is 36.1 Å². The number of amides is 2. The van der Waals surface area contributed by atoms with Gasteiger partial charge >= 0.3 is 0 Å². The van der Waals surface area contributed by atoms with Gasteiger partial charge in [-0.25, -0.2) is 0 Å². The highest BCUT2D eigenvalue weighted by Gasteiger charge is 2.20. The zero-order chi connectivity index (χ0) is 17.6. The first-order valence-corrected chi connectivity index (χ1v) is 8.90. The van der Waals surface area contributed by atoms with Crippen molar-refractivity contribution in [1.82, 2.24) is 10.2 Å². The van der Waals surface area contributed by atoms with Crippen LogP contribution in [0.15, 0.2) is 54.6 Å². The van der Waals surface area contributed by atoms with Crippen molar-refractivity contribution in [1.29, 1.82) is 0 Å². The van der Waals surface area contributed by atoms with Crippen LogP contribution in [0.25, 0.3) is 0 Å². The molecule has 0 spiro atoms. The first-order valence-electron chi connectivity index (χ1n) is 8.90. The Morgan fingerprint density at radius 2 is 1.84 bits per heavy atom. The van der Waals surface area contributed by atoms with E-state index in [2.05, 4.69) is 12.2 Å². The minimum Gasteiger partial charge on any atom is -0.345 e. The number of likely N-dealkylation sites (tertiary alicyclic amines) is 1. The number of hydrogen-bond acceptors (Lipinski definition) is 2. The van der Waals surface area contributed by atoms with Crippen LogP contribution < -0.4 is 5.32 Å². The van der Waals surface area contributed by atoms with E-state index in [4.69, 9.17) is 0 Å². The number of nitrogens with one attached hydrogen (secondary N) is 1. The molecule has 0 aliphatic carbocycles. The lowest BCUT2D eigenvalue weighted by Gasteiger charge is -2.18. The molecule has 2 aromatic rings. The van der Waals surface area contributed by atoms with Crippen molar-refractivity contribution in [2.75, 3.05) is 6.54 Å². The van der Waals surface area contributed by atoms with Crippen LogP contribution in [0.4, 0.5) is 0 Å². The first kappa shape index (κ1) is 17.2. The van der Waals surface area contributed by atoms with Crippen LogP contribution in [-0.4, -0.2) is 23.3 Å². The molecule has 0 radical (unpaired) electrons. The molecule has 1 N–H and O–H groups in total. The van der Waals surface area contributed by atoms with Gasteiger partial charge in [0.15, 0.2) is 0 Å². The zero-order valence-corrected chi connectivity index (χ0v) is 14.6. The predicted octanol–water partition coefficient (Wildman–Crippen LogP) is 3.69. The van der Waals surface area contributed by atoms with E-state index in [1.807, 2.05) is 59.5 Å². The van der Waals surface area contributed by atoms with Crippen molar-refractivity contribution in [3.8, 4) is 0 Å². The average molecular weight is 336 g/mol. The van der Waals surface area contributed by atoms with E-state index in [0.29, 0.717) is 18.5 Å². The van der Waals surface area contributed by atoms with Crippen molar-refractivity contribution < 1.29 is 9.59 Å². The summed E-state index contributed by atoms with van der Waals surface area (Å²) < 4.78 is 0. The van der Waals surface area contributed by atoms with E-state index in [1.165, 1.54) is 0 Å². The van der Waals surface area contributed by atoms with Crippen molar-refractivity contribution in [2.45, 2.75) is 38.8 Å². The highest BCUT2D eigenvalue weighted by molar-refractivity contribution is 5.94. The first-order chi connectivity index (χ1) is 12.2. The molecule has 130 valence electrons. The highest BCUT2D eigenvalue weighted by Crippen LogP contribution is 2.18. The Kier molecular flexibility index (Phi) is 5.49. The summed E-state index contributed by atoms with van der Waals surface area (Å²) in [6.07, 6.45) is 2.43. The van der Waals surface area contributed by atoms with Gasteiger partial charge in [-0.15, -0.1) is 0 Å². The van der Waals surface area contributed by atoms with Crippen molar-refractivity contribution >= 4 is 11.8 Å². The van der Waals surface area contributed by atoms with Gasteiger partial charge in [0.05, 0.1) is 6.04 Å². The smallest absolute Gasteiger partial charge is 0.251 e. The lowest BCUT2D eigenvalue weighted by molar-refractivity contribution is -0.128. The fraction of sp³-hybridized carbons (Fsp3) is 0.333. The van der Waals surface area contributed by atoms with Gasteiger partial charge in [-0.1, -0.05) is 49.4 Å². The molecule has 2 amide bonds. The SMILES string of the molecule is CC[C@H](NC(=O)c1ccc(CN2CCCC2=O)cc1)c1ccccc1. The summed E-state index contributed by atoms with van der Waals surface area (Å²) in [5.41, 5.74) is 2.82. The Morgan fingerprint density at radius 1 is 1.12 bits per heavy atom. The number of hydrogen-bond donors (Lipinski definition) is 1. The molecule has 1 aliphatic rings. The van der Waals surface area contributed by atoms with E-state index in [9.17, 15) is 9.59 Å². The molecule has 1 heterocycles. The van der Waals surface area contributed by atoms with E-state index < -0.39 is 0 Å². The van der Waals surface area contributed by atoms with Gasteiger partial charge in [0.1, 0.15) is 0 Å². The summed E-state index contributed by atoms with van der Waals surface area (Å²) >= 11 is 0. The lowest BCUT2D eigenvalue weighted by Crippen LogP contribution is -2.28. The van der Waals surface area contributed by atoms with Gasteiger partial charge in [0.25, 0.3) is 5.91 Å². The van der Waals surface area contributed by atoms with E-state index in [-0.39, 0.29) is 17.9 Å². The summed E-state index contributed by atoms with van der Waals surface area (Å²) in [6.45, 7) is 3.52. The van der Waals surface area contributed by atoms with Gasteiger partial charge in [0, 0.05) is 25.1 Å². The number of carbonyl (C=O) groups is 2. The molecular formula is C21H24N2O2. The summed E-state index contributed by atoms with van der Waals surface area (Å²) in [4.78, 5) is 26.1. The molecule has 4 nitrogen and oxygen atoms in total. The minimum absolute atomic E-state index is 0.00981. The molecule has 1 atom stereocenters. The molecular weight excluding hydrogens is 312 g/mol. The van der Waals surface area contributed by atoms with Crippen LogP contribution in [0.2, 0.25) is 0 Å². The minimum atomic E-state index is -0.0699. The highest BCUT2D eigenvalue weighted by atomic mass is 16.2. The van der Waals surface area contributed by atoms with Gasteiger partial charge in [0.2, 0.25) is 5.91 Å². The Labute approximate surface area is 148 Å². The standard InChI is InChI=1S/C21H24N2O2/c1-2-19(17-7-4-3-5-8-17)22-21(25)18-12-10-16(11-13-18)15-23-14-6-9-20(23)24/h3-5,7-8,10-13,19H,2,6,9,14-15H2,1H3,(H,22,25)/t19-/m0/s1. The van der Waals surface area contributed by atoms with E-state index >= 15 is 0 Å². The van der Waals surface area contributed by atoms with E-state index in [1.54, 1.807) is 0 Å². The Balaban J connectivity index is 1.63. The van der Waals surface area contributed by atoms with Crippen LogP contribution in [-0.2, 0) is 11.3 Å². The summed E-state index contributed by atoms with van der Waals surface area (Å²) in [6, 6.07) is 17.6. The topological polar surface area (TPSA) is 49.4 Å². The second-order valence-electron chi connectivity index (χ2n) is 6.46. The maximum atomic E-state index is 12.5. The molecule has 0 unspecified atom stereocenters. The third-order valence-electron chi connectivity index (χ3n) is 4.68. The molecule has 1 fully saturated rings. The van der Waals surface area contributed by atoms with Crippen LogP contribution in [0.3, 0.4) is 0 Å². The van der Waals surface area contributed by atoms with Crippen LogP contribution in [0, 0.1) is 0 Å². The lowest BCUT2D eigenvalue weighted by atomic mass is 10.0. The fourth-order valence-corrected chi connectivity index (χ4v) is 3.20. The van der Waals surface area contributed by atoms with Crippen LogP contribution in [0.1, 0.15) is 53.7 Å². The second kappa shape index (κ2) is 7.97. The fourth-order valence-electron chi connectivity index (χ4n) is 3.20. The average Bonchev–Trinajstić information content (AvgIpc) is 3.05. The Morgan fingerprint density at radius 3 is 2.44 bits per heavy atom. The Bertz CT molecular complexity index is 725. The normalized spacial score (nSPS) is 15.2. The number of nitrogens with zero attached hydrogens (tertiary/aromatic N) is 1. The van der Waals surface area contributed by atoms with Crippen LogP contribution in [0.5, 0.6) is 0 Å². The third-order valence-corrected chi connectivity index (χ3v) is 4.68. The third kappa shape index (κ3) is 4.27. The molecule has 4 heteroatoms. The monoisotopic (exact) mass is 336 g/mol. The van der Waals surface area contributed by atoms with Gasteiger partial charge in [-0.3, -0.25) is 9.59 Å². The zero-order valence-electron chi connectivity index (χ0n) is 14.6. The molecule has 0 aromatic heterocycles. The van der Waals surface area contributed by atoms with E-state index in [0.717, 1.165) is 30.5 Å². The maximum Gasteiger partial charge on any atom is 0.251 e.